The van der Waals surface area contributed by atoms with E-state index in [4.69, 9.17) is 5.11 Å². The van der Waals surface area contributed by atoms with Gasteiger partial charge in [-0.25, -0.2) is 9.59 Å². The molecule has 3 N–H and O–H groups in total. The Morgan fingerprint density at radius 3 is 3.05 bits per heavy atom. The van der Waals surface area contributed by atoms with Gasteiger partial charge in [0.2, 0.25) is 0 Å². The first-order valence-corrected chi connectivity index (χ1v) is 7.46. The van der Waals surface area contributed by atoms with Crippen molar-refractivity contribution in [3.63, 3.8) is 0 Å². The lowest BCUT2D eigenvalue weighted by Gasteiger charge is -2.27. The second-order valence-electron chi connectivity index (χ2n) is 5.02. The standard InChI is InChI=1S/C14H15N3O3S/c1-8-6-10(12(15-8)13(18)19)16-14(20)17-4-2-11-9(7-17)3-5-21-11/h3,5-6,15H,2,4,7H2,1H3,(H,16,20)(H,18,19). The number of carboxylic acids is 1. The summed E-state index contributed by atoms with van der Waals surface area (Å²) in [4.78, 5) is 29.2. The molecule has 7 heteroatoms. The molecule has 3 rings (SSSR count). The molecule has 0 bridgehead atoms. The fourth-order valence-electron chi connectivity index (χ4n) is 2.47. The van der Waals surface area contributed by atoms with Crippen LogP contribution in [0.1, 0.15) is 26.6 Å². The number of hydrogen-bond donors (Lipinski definition) is 3. The van der Waals surface area contributed by atoms with Gasteiger partial charge in [-0.1, -0.05) is 0 Å². The molecule has 3 heterocycles. The number of aromatic carboxylic acids is 1. The summed E-state index contributed by atoms with van der Waals surface area (Å²) in [6.45, 7) is 2.96. The van der Waals surface area contributed by atoms with Crippen molar-refractivity contribution in [2.75, 3.05) is 11.9 Å². The average Bonchev–Trinajstić information content (AvgIpc) is 3.04. The Labute approximate surface area is 125 Å². The lowest BCUT2D eigenvalue weighted by Crippen LogP contribution is -2.38. The van der Waals surface area contributed by atoms with E-state index >= 15 is 0 Å². The minimum absolute atomic E-state index is 0.00841. The maximum Gasteiger partial charge on any atom is 0.354 e. The number of amides is 2. The van der Waals surface area contributed by atoms with Crippen molar-refractivity contribution < 1.29 is 14.7 Å². The topological polar surface area (TPSA) is 85.4 Å². The van der Waals surface area contributed by atoms with Crippen molar-refractivity contribution in [3.05, 3.63) is 39.3 Å². The van der Waals surface area contributed by atoms with Crippen molar-refractivity contribution >= 4 is 29.0 Å². The fraction of sp³-hybridized carbons (Fsp3) is 0.286. The largest absolute Gasteiger partial charge is 0.477 e. The fourth-order valence-corrected chi connectivity index (χ4v) is 3.36. The highest BCUT2D eigenvalue weighted by Crippen LogP contribution is 2.25. The van der Waals surface area contributed by atoms with E-state index in [1.807, 2.05) is 11.4 Å². The van der Waals surface area contributed by atoms with E-state index in [0.717, 1.165) is 6.42 Å². The van der Waals surface area contributed by atoms with Gasteiger partial charge in [0, 0.05) is 23.7 Å². The SMILES string of the molecule is Cc1cc(NC(=O)N2CCc3sccc3C2)c(C(=O)O)[nH]1. The monoisotopic (exact) mass is 305 g/mol. The van der Waals surface area contributed by atoms with E-state index in [1.165, 1.54) is 10.4 Å². The molecule has 6 nitrogen and oxygen atoms in total. The van der Waals surface area contributed by atoms with Gasteiger partial charge in [-0.3, -0.25) is 0 Å². The molecule has 110 valence electrons. The van der Waals surface area contributed by atoms with Crippen LogP contribution in [0.25, 0.3) is 0 Å². The van der Waals surface area contributed by atoms with Crippen LogP contribution in [0.2, 0.25) is 0 Å². The number of rotatable bonds is 2. The summed E-state index contributed by atoms with van der Waals surface area (Å²) < 4.78 is 0. The first-order valence-electron chi connectivity index (χ1n) is 6.58. The van der Waals surface area contributed by atoms with Gasteiger partial charge < -0.3 is 20.3 Å². The number of aromatic nitrogens is 1. The third kappa shape index (κ3) is 2.64. The van der Waals surface area contributed by atoms with Gasteiger partial charge in [0.05, 0.1) is 5.69 Å². The number of carbonyl (C=O) groups excluding carboxylic acids is 1. The summed E-state index contributed by atoms with van der Waals surface area (Å²) in [5.41, 5.74) is 2.18. The molecular formula is C14H15N3O3S. The second-order valence-corrected chi connectivity index (χ2v) is 6.02. The number of aromatic amines is 1. The number of carbonyl (C=O) groups is 2. The lowest BCUT2D eigenvalue weighted by atomic mass is 10.1. The summed E-state index contributed by atoms with van der Waals surface area (Å²) in [7, 11) is 0. The van der Waals surface area contributed by atoms with E-state index in [2.05, 4.69) is 10.3 Å². The lowest BCUT2D eigenvalue weighted by molar-refractivity contribution is 0.0692. The number of fused-ring (bicyclic) bond motifs is 1. The van der Waals surface area contributed by atoms with Gasteiger partial charge in [0.1, 0.15) is 5.69 Å². The van der Waals surface area contributed by atoms with E-state index in [9.17, 15) is 9.59 Å². The molecule has 0 atom stereocenters. The van der Waals surface area contributed by atoms with Crippen molar-refractivity contribution in [2.45, 2.75) is 19.9 Å². The molecule has 0 unspecified atom stereocenters. The first kappa shape index (κ1) is 13.7. The van der Waals surface area contributed by atoms with Crippen LogP contribution in [0.15, 0.2) is 17.5 Å². The molecule has 0 fully saturated rings. The summed E-state index contributed by atoms with van der Waals surface area (Å²) in [6, 6.07) is 3.39. The number of H-pyrrole nitrogens is 1. The van der Waals surface area contributed by atoms with Crippen molar-refractivity contribution in [2.24, 2.45) is 0 Å². The van der Waals surface area contributed by atoms with Gasteiger partial charge >= 0.3 is 12.0 Å². The molecule has 0 spiro atoms. The van der Waals surface area contributed by atoms with Gasteiger partial charge in [0.15, 0.2) is 0 Å². The van der Waals surface area contributed by atoms with E-state index in [1.54, 1.807) is 29.2 Å². The van der Waals surface area contributed by atoms with E-state index in [-0.39, 0.29) is 11.7 Å². The van der Waals surface area contributed by atoms with Crippen LogP contribution in [0.4, 0.5) is 10.5 Å². The van der Waals surface area contributed by atoms with Crippen LogP contribution in [0.3, 0.4) is 0 Å². The molecule has 1 aliphatic rings. The van der Waals surface area contributed by atoms with Crippen LogP contribution in [0.5, 0.6) is 0 Å². The highest BCUT2D eigenvalue weighted by atomic mass is 32.1. The van der Waals surface area contributed by atoms with Crippen LogP contribution >= 0.6 is 11.3 Å². The summed E-state index contributed by atoms with van der Waals surface area (Å²) in [6.07, 6.45) is 0.846. The Morgan fingerprint density at radius 2 is 2.29 bits per heavy atom. The van der Waals surface area contributed by atoms with Crippen LogP contribution in [-0.4, -0.2) is 33.5 Å². The van der Waals surface area contributed by atoms with Gasteiger partial charge in [-0.2, -0.15) is 0 Å². The number of nitrogens with zero attached hydrogens (tertiary/aromatic N) is 1. The molecule has 0 aromatic carbocycles. The zero-order valence-corrected chi connectivity index (χ0v) is 12.3. The smallest absolute Gasteiger partial charge is 0.354 e. The molecule has 0 saturated carbocycles. The minimum atomic E-state index is -1.09. The Kier molecular flexibility index (Phi) is 3.42. The quantitative estimate of drug-likeness (QED) is 0.797. The molecule has 0 radical (unpaired) electrons. The molecule has 1 aliphatic heterocycles. The van der Waals surface area contributed by atoms with Crippen LogP contribution < -0.4 is 5.32 Å². The maximum absolute atomic E-state index is 12.3. The van der Waals surface area contributed by atoms with Crippen LogP contribution in [-0.2, 0) is 13.0 Å². The third-order valence-electron chi connectivity index (χ3n) is 3.50. The van der Waals surface area contributed by atoms with Gasteiger partial charge in [-0.15, -0.1) is 11.3 Å². The predicted octanol–water partition coefficient (Wildman–Crippen LogP) is 2.67. The van der Waals surface area contributed by atoms with E-state index < -0.39 is 5.97 Å². The highest BCUT2D eigenvalue weighted by Gasteiger charge is 2.23. The molecular weight excluding hydrogens is 290 g/mol. The zero-order chi connectivity index (χ0) is 15.0. The first-order chi connectivity index (χ1) is 10.0. The summed E-state index contributed by atoms with van der Waals surface area (Å²) in [5, 5.41) is 13.8. The van der Waals surface area contributed by atoms with Gasteiger partial charge in [-0.05, 0) is 36.4 Å². The number of aryl methyl sites for hydroxylation is 1. The Hall–Kier alpha value is -2.28. The third-order valence-corrected chi connectivity index (χ3v) is 4.53. The van der Waals surface area contributed by atoms with Gasteiger partial charge in [0.25, 0.3) is 0 Å². The Bertz CT molecular complexity index is 704. The minimum Gasteiger partial charge on any atom is -0.477 e. The number of thiophene rings is 1. The number of anilines is 1. The maximum atomic E-state index is 12.3. The van der Waals surface area contributed by atoms with Crippen molar-refractivity contribution in [3.8, 4) is 0 Å². The predicted molar refractivity (Wildman–Crippen MR) is 79.9 cm³/mol. The van der Waals surface area contributed by atoms with E-state index in [0.29, 0.717) is 24.5 Å². The number of urea groups is 1. The normalized spacial score (nSPS) is 13.9. The molecule has 2 aromatic heterocycles. The average molecular weight is 305 g/mol. The van der Waals surface area contributed by atoms with Crippen molar-refractivity contribution in [1.29, 1.82) is 0 Å². The summed E-state index contributed by atoms with van der Waals surface area (Å²) in [5.74, 6) is -1.09. The Balaban J connectivity index is 1.74. The van der Waals surface area contributed by atoms with Crippen LogP contribution in [0, 0.1) is 6.92 Å². The Morgan fingerprint density at radius 1 is 1.48 bits per heavy atom. The molecule has 21 heavy (non-hydrogen) atoms. The van der Waals surface area contributed by atoms with Crippen molar-refractivity contribution in [1.82, 2.24) is 9.88 Å². The zero-order valence-electron chi connectivity index (χ0n) is 11.5. The number of nitrogens with one attached hydrogen (secondary N) is 2. The number of hydrogen-bond acceptors (Lipinski definition) is 3. The number of carboxylic acid groups (broad SMARTS) is 1. The summed E-state index contributed by atoms with van der Waals surface area (Å²) >= 11 is 1.71. The highest BCUT2D eigenvalue weighted by molar-refractivity contribution is 7.10. The molecule has 2 aromatic rings. The molecule has 2 amide bonds. The molecule has 0 saturated heterocycles. The second kappa shape index (κ2) is 5.25. The molecule has 0 aliphatic carbocycles.